The number of carbonyl (C=O) groups excluding carboxylic acids is 1. The van der Waals surface area contributed by atoms with Gasteiger partial charge >= 0.3 is 5.69 Å². The van der Waals surface area contributed by atoms with Gasteiger partial charge in [-0.15, -0.1) is 11.3 Å². The van der Waals surface area contributed by atoms with Crippen LogP contribution in [0.4, 0.5) is 10.1 Å². The number of hydrogen-bond donors (Lipinski definition) is 0. The van der Waals surface area contributed by atoms with Crippen molar-refractivity contribution in [3.05, 3.63) is 53.3 Å². The Balaban J connectivity index is 2.18. The highest BCUT2D eigenvalue weighted by Gasteiger charge is 2.20. The van der Waals surface area contributed by atoms with Crippen LogP contribution in [0.2, 0.25) is 0 Å². The second-order valence-electron chi connectivity index (χ2n) is 3.81. The van der Waals surface area contributed by atoms with Crippen LogP contribution >= 0.6 is 43.2 Å². The van der Waals surface area contributed by atoms with Crippen molar-refractivity contribution in [2.75, 3.05) is 6.61 Å². The lowest BCUT2D eigenvalue weighted by Gasteiger charge is -2.06. The predicted molar refractivity (Wildman–Crippen MR) is 82.6 cm³/mol. The molecule has 21 heavy (non-hydrogen) atoms. The third-order valence-electron chi connectivity index (χ3n) is 2.41. The van der Waals surface area contributed by atoms with Crippen molar-refractivity contribution in [2.45, 2.75) is 0 Å². The van der Waals surface area contributed by atoms with E-state index in [1.165, 1.54) is 11.3 Å². The Morgan fingerprint density at radius 3 is 2.67 bits per heavy atom. The van der Waals surface area contributed by atoms with E-state index < -0.39 is 23.0 Å². The summed E-state index contributed by atoms with van der Waals surface area (Å²) in [7, 11) is 0. The van der Waals surface area contributed by atoms with Gasteiger partial charge in [0.05, 0.1) is 18.1 Å². The Hall–Kier alpha value is -1.32. The second-order valence-corrected chi connectivity index (χ2v) is 7.12. The largest absolute Gasteiger partial charge is 0.478 e. The lowest BCUT2D eigenvalue weighted by molar-refractivity contribution is -0.385. The molecule has 0 radical (unpaired) electrons. The number of ketones is 1. The molecule has 0 bridgehead atoms. The number of thiophene rings is 1. The quantitative estimate of drug-likeness (QED) is 0.389. The van der Waals surface area contributed by atoms with E-state index in [9.17, 15) is 19.3 Å². The van der Waals surface area contributed by atoms with Crippen molar-refractivity contribution >= 4 is 54.7 Å². The van der Waals surface area contributed by atoms with Gasteiger partial charge in [-0.3, -0.25) is 14.9 Å². The number of Topliss-reactive ketones (excluding diaryl/α,β-unsaturated/α-hetero) is 1. The van der Waals surface area contributed by atoms with Crippen LogP contribution < -0.4 is 4.74 Å². The maximum absolute atomic E-state index is 13.4. The lowest BCUT2D eigenvalue weighted by Crippen LogP contribution is -2.11. The number of rotatable bonds is 5. The van der Waals surface area contributed by atoms with E-state index in [-0.39, 0.29) is 16.0 Å². The zero-order valence-electron chi connectivity index (χ0n) is 10.1. The van der Waals surface area contributed by atoms with Crippen LogP contribution in [-0.2, 0) is 0 Å². The van der Waals surface area contributed by atoms with Gasteiger partial charge < -0.3 is 4.74 Å². The molecule has 0 unspecified atom stereocenters. The van der Waals surface area contributed by atoms with Crippen LogP contribution in [0, 0.1) is 15.9 Å². The number of nitrogens with zero attached hydrogens (tertiary/aromatic N) is 1. The topological polar surface area (TPSA) is 69.4 Å². The minimum atomic E-state index is -0.707. The number of halogens is 3. The average molecular weight is 439 g/mol. The summed E-state index contributed by atoms with van der Waals surface area (Å²) in [6, 6.07) is 5.19. The number of benzene rings is 1. The van der Waals surface area contributed by atoms with E-state index in [4.69, 9.17) is 4.74 Å². The summed E-state index contributed by atoms with van der Waals surface area (Å²) >= 11 is 7.31. The minimum absolute atomic E-state index is 0.0462. The molecule has 0 spiro atoms. The summed E-state index contributed by atoms with van der Waals surface area (Å²) < 4.78 is 19.3. The van der Waals surface area contributed by atoms with Gasteiger partial charge in [-0.1, -0.05) is 0 Å². The summed E-state index contributed by atoms with van der Waals surface area (Å²) in [6.45, 7) is -0.408. The number of nitro benzene ring substituents is 1. The first-order valence-electron chi connectivity index (χ1n) is 5.43. The highest BCUT2D eigenvalue weighted by Crippen LogP contribution is 2.32. The van der Waals surface area contributed by atoms with Gasteiger partial charge in [0.1, 0.15) is 5.82 Å². The smallest absolute Gasteiger partial charge is 0.312 e. The minimum Gasteiger partial charge on any atom is -0.478 e. The molecule has 5 nitrogen and oxygen atoms in total. The fraction of sp³-hybridized carbons (Fsp3) is 0.0833. The van der Waals surface area contributed by atoms with Gasteiger partial charge in [0, 0.05) is 12.1 Å². The molecule has 0 atom stereocenters. The van der Waals surface area contributed by atoms with Gasteiger partial charge in [0.15, 0.2) is 6.61 Å². The molecule has 0 N–H and O–H groups in total. The normalized spacial score (nSPS) is 10.4. The number of ether oxygens (including phenoxy) is 1. The van der Waals surface area contributed by atoms with Crippen LogP contribution in [0.15, 0.2) is 32.5 Å². The Kier molecular flexibility index (Phi) is 5.07. The monoisotopic (exact) mass is 437 g/mol. The molecule has 0 aliphatic heterocycles. The number of nitro groups is 1. The van der Waals surface area contributed by atoms with Gasteiger partial charge in [0.25, 0.3) is 0 Å². The summed E-state index contributed by atoms with van der Waals surface area (Å²) in [4.78, 5) is 22.5. The average Bonchev–Trinajstić information content (AvgIpc) is 2.85. The van der Waals surface area contributed by atoms with E-state index >= 15 is 0 Å². The first-order valence-corrected chi connectivity index (χ1v) is 7.83. The third-order valence-corrected chi connectivity index (χ3v) is 4.68. The summed E-state index contributed by atoms with van der Waals surface area (Å²) in [5.41, 5.74) is -0.413. The van der Waals surface area contributed by atoms with Crippen molar-refractivity contribution in [1.82, 2.24) is 0 Å². The van der Waals surface area contributed by atoms with Crippen molar-refractivity contribution in [3.63, 3.8) is 0 Å². The fourth-order valence-electron chi connectivity index (χ4n) is 1.45. The molecule has 0 aliphatic rings. The SMILES string of the molecule is O=C(COc1cc(F)c(Br)cc1[N+](=O)[O-])c1ccc(Br)s1. The summed E-state index contributed by atoms with van der Waals surface area (Å²) in [5.74, 6) is -1.34. The molecule has 110 valence electrons. The van der Waals surface area contributed by atoms with Gasteiger partial charge in [-0.25, -0.2) is 4.39 Å². The van der Waals surface area contributed by atoms with E-state index in [0.29, 0.717) is 4.88 Å². The van der Waals surface area contributed by atoms with E-state index in [1.54, 1.807) is 12.1 Å². The van der Waals surface area contributed by atoms with E-state index in [1.807, 2.05) is 0 Å². The molecular weight excluding hydrogens is 433 g/mol. The summed E-state index contributed by atoms with van der Waals surface area (Å²) in [6.07, 6.45) is 0. The fourth-order valence-corrected chi connectivity index (χ4v) is 3.10. The van der Waals surface area contributed by atoms with E-state index in [0.717, 1.165) is 15.9 Å². The maximum Gasteiger partial charge on any atom is 0.312 e. The lowest BCUT2D eigenvalue weighted by atomic mass is 10.3. The predicted octanol–water partition coefficient (Wildman–Crippen LogP) is 4.58. The van der Waals surface area contributed by atoms with Crippen LogP contribution in [0.3, 0.4) is 0 Å². The molecule has 0 fully saturated rings. The van der Waals surface area contributed by atoms with Crippen molar-refractivity contribution in [3.8, 4) is 5.75 Å². The third kappa shape index (κ3) is 3.86. The Bertz CT molecular complexity index is 719. The van der Waals surface area contributed by atoms with Gasteiger partial charge in [0.2, 0.25) is 11.5 Å². The maximum atomic E-state index is 13.4. The molecule has 0 aliphatic carbocycles. The zero-order valence-corrected chi connectivity index (χ0v) is 14.1. The Labute approximate surface area is 139 Å². The number of hydrogen-bond acceptors (Lipinski definition) is 5. The molecule has 0 saturated heterocycles. The Morgan fingerprint density at radius 2 is 2.10 bits per heavy atom. The first kappa shape index (κ1) is 16.1. The highest BCUT2D eigenvalue weighted by atomic mass is 79.9. The molecule has 9 heteroatoms. The molecule has 0 amide bonds. The second kappa shape index (κ2) is 6.63. The van der Waals surface area contributed by atoms with Gasteiger partial charge in [-0.05, 0) is 44.0 Å². The molecule has 2 rings (SSSR count). The first-order chi connectivity index (χ1) is 9.88. The highest BCUT2D eigenvalue weighted by molar-refractivity contribution is 9.11. The molecule has 2 aromatic rings. The molecule has 0 saturated carbocycles. The van der Waals surface area contributed by atoms with Crippen molar-refractivity contribution in [2.24, 2.45) is 0 Å². The molecular formula is C12H6Br2FNO4S. The zero-order chi connectivity index (χ0) is 15.6. The van der Waals surface area contributed by atoms with E-state index in [2.05, 4.69) is 31.9 Å². The standard InChI is InChI=1S/C12H6Br2FNO4S/c13-6-3-8(16(18)19)10(4-7(6)15)20-5-9(17)11-1-2-12(14)21-11/h1-4H,5H2. The van der Waals surface area contributed by atoms with Crippen molar-refractivity contribution < 1.29 is 18.8 Å². The summed E-state index contributed by atoms with van der Waals surface area (Å²) in [5, 5.41) is 10.9. The van der Waals surface area contributed by atoms with Gasteiger partial charge in [-0.2, -0.15) is 0 Å². The van der Waals surface area contributed by atoms with Crippen LogP contribution in [0.1, 0.15) is 9.67 Å². The molecule has 1 aromatic heterocycles. The number of carbonyl (C=O) groups is 1. The van der Waals surface area contributed by atoms with Crippen molar-refractivity contribution in [1.29, 1.82) is 0 Å². The molecule has 1 aromatic carbocycles. The van der Waals surface area contributed by atoms with Crippen LogP contribution in [0.25, 0.3) is 0 Å². The Morgan fingerprint density at radius 1 is 1.38 bits per heavy atom. The van der Waals surface area contributed by atoms with Crippen LogP contribution in [-0.4, -0.2) is 17.3 Å². The molecule has 1 heterocycles. The van der Waals surface area contributed by atoms with Crippen LogP contribution in [0.5, 0.6) is 5.75 Å².